The van der Waals surface area contributed by atoms with Gasteiger partial charge < -0.3 is 15.4 Å². The summed E-state index contributed by atoms with van der Waals surface area (Å²) in [7, 11) is 0. The molecule has 1 saturated carbocycles. The Bertz CT molecular complexity index is 468. The summed E-state index contributed by atoms with van der Waals surface area (Å²) in [6.07, 6.45) is 2.20. The van der Waals surface area contributed by atoms with Crippen molar-refractivity contribution < 1.29 is 9.53 Å². The van der Waals surface area contributed by atoms with Crippen molar-refractivity contribution in [1.82, 2.24) is 10.2 Å². The second-order valence-electron chi connectivity index (χ2n) is 5.42. The topological polar surface area (TPSA) is 53.6 Å². The number of hydrogen-bond acceptors (Lipinski definition) is 3. The summed E-state index contributed by atoms with van der Waals surface area (Å²) in [4.78, 5) is 14.2. The highest BCUT2D eigenvalue weighted by atomic mass is 16.5. The van der Waals surface area contributed by atoms with E-state index in [-0.39, 0.29) is 6.03 Å². The zero-order chi connectivity index (χ0) is 13.8. The molecular formula is C15H21N3O2. The summed E-state index contributed by atoms with van der Waals surface area (Å²) < 4.78 is 5.36. The maximum absolute atomic E-state index is 11.9. The van der Waals surface area contributed by atoms with Crippen LogP contribution in [0.15, 0.2) is 24.3 Å². The van der Waals surface area contributed by atoms with Gasteiger partial charge in [0.1, 0.15) is 0 Å². The highest BCUT2D eigenvalue weighted by Crippen LogP contribution is 2.20. The highest BCUT2D eigenvalue weighted by Gasteiger charge is 2.23. The van der Waals surface area contributed by atoms with Crippen LogP contribution in [0.4, 0.5) is 10.5 Å². The molecule has 0 radical (unpaired) electrons. The van der Waals surface area contributed by atoms with E-state index in [4.69, 9.17) is 4.74 Å². The lowest BCUT2D eigenvalue weighted by molar-refractivity contribution is 0.0343. The number of nitrogens with zero attached hydrogens (tertiary/aromatic N) is 1. The molecule has 1 heterocycles. The molecule has 0 unspecified atom stereocenters. The zero-order valence-corrected chi connectivity index (χ0v) is 11.6. The first-order chi connectivity index (χ1) is 9.81. The average Bonchev–Trinajstić information content (AvgIpc) is 3.26. The second-order valence-corrected chi connectivity index (χ2v) is 5.42. The molecule has 108 valence electrons. The van der Waals surface area contributed by atoms with Crippen molar-refractivity contribution >= 4 is 11.7 Å². The Kier molecular flexibility index (Phi) is 4.18. The predicted molar refractivity (Wildman–Crippen MR) is 77.7 cm³/mol. The SMILES string of the molecule is O=C(Nc1ccccc1CN1CCOCC1)NC1CC1. The van der Waals surface area contributed by atoms with Crippen LogP contribution in [-0.4, -0.2) is 43.3 Å². The van der Waals surface area contributed by atoms with Crippen molar-refractivity contribution in [2.45, 2.75) is 25.4 Å². The maximum Gasteiger partial charge on any atom is 0.319 e. The van der Waals surface area contributed by atoms with Gasteiger partial charge in [0.15, 0.2) is 0 Å². The quantitative estimate of drug-likeness (QED) is 0.881. The minimum absolute atomic E-state index is 0.0954. The number of rotatable bonds is 4. The second kappa shape index (κ2) is 6.24. The minimum Gasteiger partial charge on any atom is -0.379 e. The van der Waals surface area contributed by atoms with E-state index in [1.165, 1.54) is 0 Å². The number of nitrogens with one attached hydrogen (secondary N) is 2. The van der Waals surface area contributed by atoms with E-state index in [9.17, 15) is 4.79 Å². The van der Waals surface area contributed by atoms with Crippen LogP contribution >= 0.6 is 0 Å². The molecule has 1 aromatic rings. The lowest BCUT2D eigenvalue weighted by Crippen LogP contribution is -2.36. The third-order valence-corrected chi connectivity index (χ3v) is 3.68. The highest BCUT2D eigenvalue weighted by molar-refractivity contribution is 5.90. The number of carbonyl (C=O) groups excluding carboxylic acids is 1. The van der Waals surface area contributed by atoms with E-state index in [1.54, 1.807) is 0 Å². The molecule has 5 heteroatoms. The van der Waals surface area contributed by atoms with Gasteiger partial charge >= 0.3 is 6.03 Å². The van der Waals surface area contributed by atoms with Gasteiger partial charge in [-0.25, -0.2) is 4.79 Å². The molecule has 1 saturated heterocycles. The molecule has 2 fully saturated rings. The maximum atomic E-state index is 11.9. The van der Waals surface area contributed by atoms with Crippen LogP contribution in [0, 0.1) is 0 Å². The standard InChI is InChI=1S/C15H21N3O2/c19-15(16-13-5-6-13)17-14-4-2-1-3-12(14)11-18-7-9-20-10-8-18/h1-4,13H,5-11H2,(H2,16,17,19). The van der Waals surface area contributed by atoms with E-state index in [0.29, 0.717) is 6.04 Å². The molecule has 3 rings (SSSR count). The smallest absolute Gasteiger partial charge is 0.319 e. The number of carbonyl (C=O) groups is 1. The van der Waals surface area contributed by atoms with Gasteiger partial charge in [0.25, 0.3) is 0 Å². The summed E-state index contributed by atoms with van der Waals surface area (Å²) in [6, 6.07) is 8.28. The Morgan fingerprint density at radius 1 is 1.25 bits per heavy atom. The summed E-state index contributed by atoms with van der Waals surface area (Å²) >= 11 is 0. The molecule has 20 heavy (non-hydrogen) atoms. The van der Waals surface area contributed by atoms with Gasteiger partial charge in [0, 0.05) is 31.4 Å². The van der Waals surface area contributed by atoms with E-state index in [0.717, 1.165) is 56.9 Å². The Morgan fingerprint density at radius 3 is 2.75 bits per heavy atom. The number of urea groups is 1. The number of benzene rings is 1. The lowest BCUT2D eigenvalue weighted by atomic mass is 10.1. The first kappa shape index (κ1) is 13.4. The van der Waals surface area contributed by atoms with Gasteiger partial charge in [-0.05, 0) is 24.5 Å². The fourth-order valence-electron chi connectivity index (χ4n) is 2.35. The van der Waals surface area contributed by atoms with Crippen LogP contribution in [-0.2, 0) is 11.3 Å². The van der Waals surface area contributed by atoms with Gasteiger partial charge in [-0.2, -0.15) is 0 Å². The van der Waals surface area contributed by atoms with Crippen molar-refractivity contribution in [2.75, 3.05) is 31.6 Å². The fourth-order valence-corrected chi connectivity index (χ4v) is 2.35. The summed E-state index contributed by atoms with van der Waals surface area (Å²) in [5, 5.41) is 5.91. The minimum atomic E-state index is -0.0954. The van der Waals surface area contributed by atoms with Gasteiger partial charge in [-0.3, -0.25) is 4.90 Å². The number of amides is 2. The first-order valence-electron chi connectivity index (χ1n) is 7.27. The molecule has 1 aliphatic heterocycles. The predicted octanol–water partition coefficient (Wildman–Crippen LogP) is 1.80. The molecule has 2 aliphatic rings. The molecule has 1 aromatic carbocycles. The Morgan fingerprint density at radius 2 is 2.00 bits per heavy atom. The zero-order valence-electron chi connectivity index (χ0n) is 11.6. The lowest BCUT2D eigenvalue weighted by Gasteiger charge is -2.27. The third kappa shape index (κ3) is 3.71. The molecule has 2 amide bonds. The number of anilines is 1. The van der Waals surface area contributed by atoms with Crippen LogP contribution in [0.5, 0.6) is 0 Å². The van der Waals surface area contributed by atoms with Crippen LogP contribution < -0.4 is 10.6 Å². The molecule has 0 bridgehead atoms. The monoisotopic (exact) mass is 275 g/mol. The van der Waals surface area contributed by atoms with E-state index in [2.05, 4.69) is 21.6 Å². The van der Waals surface area contributed by atoms with E-state index < -0.39 is 0 Å². The number of ether oxygens (including phenoxy) is 1. The van der Waals surface area contributed by atoms with Gasteiger partial charge in [0.2, 0.25) is 0 Å². The molecule has 5 nitrogen and oxygen atoms in total. The van der Waals surface area contributed by atoms with Crippen LogP contribution in [0.2, 0.25) is 0 Å². The van der Waals surface area contributed by atoms with E-state index >= 15 is 0 Å². The molecule has 0 aromatic heterocycles. The molecule has 0 spiro atoms. The molecule has 0 atom stereocenters. The van der Waals surface area contributed by atoms with Crippen LogP contribution in [0.3, 0.4) is 0 Å². The molecule has 1 aliphatic carbocycles. The van der Waals surface area contributed by atoms with Crippen molar-refractivity contribution in [2.24, 2.45) is 0 Å². The van der Waals surface area contributed by atoms with Gasteiger partial charge in [-0.1, -0.05) is 18.2 Å². The van der Waals surface area contributed by atoms with Crippen LogP contribution in [0.1, 0.15) is 18.4 Å². The Balaban J connectivity index is 1.62. The fraction of sp³-hybridized carbons (Fsp3) is 0.533. The first-order valence-corrected chi connectivity index (χ1v) is 7.27. The average molecular weight is 275 g/mol. The largest absolute Gasteiger partial charge is 0.379 e. The van der Waals surface area contributed by atoms with E-state index in [1.807, 2.05) is 18.2 Å². The number of morpholine rings is 1. The number of para-hydroxylation sites is 1. The van der Waals surface area contributed by atoms with Crippen molar-refractivity contribution in [1.29, 1.82) is 0 Å². The molecular weight excluding hydrogens is 254 g/mol. The van der Waals surface area contributed by atoms with Crippen molar-refractivity contribution in [3.05, 3.63) is 29.8 Å². The third-order valence-electron chi connectivity index (χ3n) is 3.68. The summed E-state index contributed by atoms with van der Waals surface area (Å²) in [5.41, 5.74) is 2.05. The van der Waals surface area contributed by atoms with Crippen LogP contribution in [0.25, 0.3) is 0 Å². The number of hydrogen-bond donors (Lipinski definition) is 2. The Hall–Kier alpha value is -1.59. The van der Waals surface area contributed by atoms with Crippen molar-refractivity contribution in [3.63, 3.8) is 0 Å². The van der Waals surface area contributed by atoms with Gasteiger partial charge in [-0.15, -0.1) is 0 Å². The summed E-state index contributed by atoms with van der Waals surface area (Å²) in [6.45, 7) is 4.32. The Labute approximate surface area is 119 Å². The van der Waals surface area contributed by atoms with Gasteiger partial charge in [0.05, 0.1) is 13.2 Å². The molecule has 2 N–H and O–H groups in total. The summed E-state index contributed by atoms with van der Waals surface area (Å²) in [5.74, 6) is 0. The van der Waals surface area contributed by atoms with Crippen molar-refractivity contribution in [3.8, 4) is 0 Å². The normalized spacial score (nSPS) is 19.6.